The molecule has 1 aromatic heterocycles. The van der Waals surface area contributed by atoms with Crippen LogP contribution in [0, 0.1) is 5.82 Å². The number of aryl methyl sites for hydroxylation is 1. The Kier molecular flexibility index (Phi) is 3.01. The Balaban J connectivity index is 2.42. The van der Waals surface area contributed by atoms with E-state index in [2.05, 4.69) is 4.98 Å². The van der Waals surface area contributed by atoms with Gasteiger partial charge in [-0.05, 0) is 12.1 Å². The minimum absolute atomic E-state index is 0.0432. The van der Waals surface area contributed by atoms with E-state index in [9.17, 15) is 4.39 Å². The number of hydrogen-bond acceptors (Lipinski definition) is 2. The highest BCUT2D eigenvalue weighted by atomic mass is 19.1. The molecule has 0 saturated heterocycles. The average molecular weight is 220 g/mol. The molecule has 1 N–H and O–H groups in total. The summed E-state index contributed by atoms with van der Waals surface area (Å²) in [7, 11) is 1.84. The molecule has 2 aromatic rings. The standard InChI is InChI=1S/C12H13FN2O/c1-15-8-11(14-12(15)6-7-16)9-4-2-3-5-10(9)13/h2-5,8,16H,6-7H2,1H3. The Hall–Kier alpha value is -1.68. The third-order valence-electron chi connectivity index (χ3n) is 2.46. The topological polar surface area (TPSA) is 38.0 Å². The highest BCUT2D eigenvalue weighted by molar-refractivity contribution is 5.59. The van der Waals surface area contributed by atoms with Gasteiger partial charge in [0.2, 0.25) is 0 Å². The summed E-state index contributed by atoms with van der Waals surface area (Å²) in [5, 5.41) is 8.85. The minimum Gasteiger partial charge on any atom is -0.396 e. The van der Waals surface area contributed by atoms with Crippen LogP contribution in [0.4, 0.5) is 4.39 Å². The smallest absolute Gasteiger partial charge is 0.132 e. The van der Waals surface area contributed by atoms with Crippen molar-refractivity contribution >= 4 is 0 Å². The van der Waals surface area contributed by atoms with Crippen LogP contribution in [0.2, 0.25) is 0 Å². The first-order valence-corrected chi connectivity index (χ1v) is 5.10. The van der Waals surface area contributed by atoms with Gasteiger partial charge in [-0.25, -0.2) is 9.37 Å². The first kappa shape index (κ1) is 10.8. The van der Waals surface area contributed by atoms with Gasteiger partial charge in [0.25, 0.3) is 0 Å². The monoisotopic (exact) mass is 220 g/mol. The van der Waals surface area contributed by atoms with E-state index in [1.165, 1.54) is 6.07 Å². The molecule has 2 rings (SSSR count). The van der Waals surface area contributed by atoms with Crippen LogP contribution in [0.3, 0.4) is 0 Å². The highest BCUT2D eigenvalue weighted by Crippen LogP contribution is 2.21. The molecule has 0 fully saturated rings. The number of aromatic nitrogens is 2. The Bertz CT molecular complexity index is 494. The Morgan fingerprint density at radius 1 is 1.38 bits per heavy atom. The quantitative estimate of drug-likeness (QED) is 0.856. The fraction of sp³-hybridized carbons (Fsp3) is 0.250. The first-order valence-electron chi connectivity index (χ1n) is 5.10. The fourth-order valence-corrected chi connectivity index (χ4v) is 1.64. The van der Waals surface area contributed by atoms with Crippen molar-refractivity contribution in [1.29, 1.82) is 0 Å². The third kappa shape index (κ3) is 1.97. The number of aliphatic hydroxyl groups is 1. The summed E-state index contributed by atoms with van der Waals surface area (Å²) in [4.78, 5) is 4.29. The van der Waals surface area contributed by atoms with E-state index in [1.807, 2.05) is 7.05 Å². The van der Waals surface area contributed by atoms with Gasteiger partial charge in [-0.2, -0.15) is 0 Å². The van der Waals surface area contributed by atoms with Crippen LogP contribution in [-0.4, -0.2) is 21.3 Å². The lowest BCUT2D eigenvalue weighted by Gasteiger charge is -1.97. The molecule has 0 saturated carbocycles. The first-order chi connectivity index (χ1) is 7.72. The van der Waals surface area contributed by atoms with Crippen molar-refractivity contribution in [2.75, 3.05) is 6.61 Å². The van der Waals surface area contributed by atoms with E-state index in [1.54, 1.807) is 29.0 Å². The summed E-state index contributed by atoms with van der Waals surface area (Å²) in [6, 6.07) is 6.53. The maximum absolute atomic E-state index is 13.5. The molecule has 0 aliphatic heterocycles. The summed E-state index contributed by atoms with van der Waals surface area (Å²) >= 11 is 0. The number of imidazole rings is 1. The maximum Gasteiger partial charge on any atom is 0.132 e. The van der Waals surface area contributed by atoms with Gasteiger partial charge < -0.3 is 9.67 Å². The van der Waals surface area contributed by atoms with Crippen molar-refractivity contribution in [2.45, 2.75) is 6.42 Å². The fourth-order valence-electron chi connectivity index (χ4n) is 1.64. The largest absolute Gasteiger partial charge is 0.396 e. The molecule has 0 unspecified atom stereocenters. The number of halogens is 1. The number of hydrogen-bond donors (Lipinski definition) is 1. The summed E-state index contributed by atoms with van der Waals surface area (Å²) in [6.45, 7) is 0.0432. The van der Waals surface area contributed by atoms with Gasteiger partial charge in [-0.1, -0.05) is 12.1 Å². The molecule has 0 aliphatic rings. The van der Waals surface area contributed by atoms with Crippen molar-refractivity contribution in [3.8, 4) is 11.3 Å². The second-order valence-corrected chi connectivity index (χ2v) is 3.61. The summed E-state index contributed by atoms with van der Waals surface area (Å²) in [6.07, 6.45) is 2.24. The number of benzene rings is 1. The molecule has 1 aromatic carbocycles. The van der Waals surface area contributed by atoms with Crippen LogP contribution < -0.4 is 0 Å². The van der Waals surface area contributed by atoms with Crippen molar-refractivity contribution in [3.63, 3.8) is 0 Å². The summed E-state index contributed by atoms with van der Waals surface area (Å²) in [5.41, 5.74) is 1.09. The molecule has 0 atom stereocenters. The molecule has 1 heterocycles. The zero-order valence-electron chi connectivity index (χ0n) is 9.02. The predicted octanol–water partition coefficient (Wildman–Crippen LogP) is 1.76. The van der Waals surface area contributed by atoms with E-state index in [4.69, 9.17) is 5.11 Å². The molecule has 0 radical (unpaired) electrons. The van der Waals surface area contributed by atoms with Gasteiger partial charge in [-0.15, -0.1) is 0 Å². The van der Waals surface area contributed by atoms with Crippen molar-refractivity contribution in [3.05, 3.63) is 42.1 Å². The minimum atomic E-state index is -0.281. The molecular formula is C12H13FN2O. The SMILES string of the molecule is Cn1cc(-c2ccccc2F)nc1CCO. The molecule has 3 nitrogen and oxygen atoms in total. The van der Waals surface area contributed by atoms with Crippen molar-refractivity contribution in [1.82, 2.24) is 9.55 Å². The van der Waals surface area contributed by atoms with E-state index < -0.39 is 0 Å². The van der Waals surface area contributed by atoms with Gasteiger partial charge in [0.1, 0.15) is 11.6 Å². The molecule has 0 spiro atoms. The van der Waals surface area contributed by atoms with Gasteiger partial charge in [0.15, 0.2) is 0 Å². The van der Waals surface area contributed by atoms with Gasteiger partial charge in [-0.3, -0.25) is 0 Å². The van der Waals surface area contributed by atoms with Crippen LogP contribution in [0.5, 0.6) is 0 Å². The van der Waals surface area contributed by atoms with E-state index >= 15 is 0 Å². The van der Waals surface area contributed by atoms with E-state index in [-0.39, 0.29) is 12.4 Å². The van der Waals surface area contributed by atoms with Crippen LogP contribution in [0.25, 0.3) is 11.3 Å². The lowest BCUT2D eigenvalue weighted by Crippen LogP contribution is -1.99. The molecule has 0 amide bonds. The van der Waals surface area contributed by atoms with Crippen LogP contribution in [0.1, 0.15) is 5.82 Å². The average Bonchev–Trinajstić information content (AvgIpc) is 2.61. The van der Waals surface area contributed by atoms with Crippen molar-refractivity contribution in [2.24, 2.45) is 7.05 Å². The molecule has 16 heavy (non-hydrogen) atoms. The second-order valence-electron chi connectivity index (χ2n) is 3.61. The zero-order valence-corrected chi connectivity index (χ0v) is 9.02. The summed E-state index contributed by atoms with van der Waals surface area (Å²) in [5.74, 6) is 0.469. The predicted molar refractivity (Wildman–Crippen MR) is 59.4 cm³/mol. The van der Waals surface area contributed by atoms with Crippen LogP contribution in [0.15, 0.2) is 30.5 Å². The van der Waals surface area contributed by atoms with E-state index in [0.717, 1.165) is 5.82 Å². The van der Waals surface area contributed by atoms with Crippen molar-refractivity contribution < 1.29 is 9.50 Å². The number of nitrogens with zero attached hydrogens (tertiary/aromatic N) is 2. The molecule has 4 heteroatoms. The Labute approximate surface area is 93.2 Å². The van der Waals surface area contributed by atoms with Gasteiger partial charge in [0, 0.05) is 25.2 Å². The lowest BCUT2D eigenvalue weighted by molar-refractivity contribution is 0.295. The van der Waals surface area contributed by atoms with E-state index in [0.29, 0.717) is 17.7 Å². The third-order valence-corrected chi connectivity index (χ3v) is 2.46. The highest BCUT2D eigenvalue weighted by Gasteiger charge is 2.09. The molecule has 0 aliphatic carbocycles. The molecular weight excluding hydrogens is 207 g/mol. The van der Waals surface area contributed by atoms with Gasteiger partial charge >= 0.3 is 0 Å². The zero-order chi connectivity index (χ0) is 11.5. The normalized spacial score (nSPS) is 10.7. The number of aliphatic hydroxyl groups excluding tert-OH is 1. The maximum atomic E-state index is 13.5. The second kappa shape index (κ2) is 4.45. The van der Waals surface area contributed by atoms with Crippen LogP contribution >= 0.6 is 0 Å². The molecule has 0 bridgehead atoms. The lowest BCUT2D eigenvalue weighted by atomic mass is 10.1. The van der Waals surface area contributed by atoms with Crippen LogP contribution in [-0.2, 0) is 13.5 Å². The van der Waals surface area contributed by atoms with Gasteiger partial charge in [0.05, 0.1) is 12.3 Å². The number of rotatable bonds is 3. The molecule has 84 valence electrons. The Morgan fingerprint density at radius 2 is 2.12 bits per heavy atom. The summed E-state index contributed by atoms with van der Waals surface area (Å²) < 4.78 is 15.3. The Morgan fingerprint density at radius 3 is 2.81 bits per heavy atom.